The molecule has 1 aromatic carbocycles. The molecule has 0 spiro atoms. The van der Waals surface area contributed by atoms with Gasteiger partial charge < -0.3 is 4.90 Å². The Hall–Kier alpha value is -1.22. The van der Waals surface area contributed by atoms with Gasteiger partial charge >= 0.3 is 0 Å². The van der Waals surface area contributed by atoms with Crippen molar-refractivity contribution in [3.8, 4) is 0 Å². The predicted octanol–water partition coefficient (Wildman–Crippen LogP) is 2.84. The van der Waals surface area contributed by atoms with Crippen molar-refractivity contribution >= 4 is 5.78 Å². The zero-order chi connectivity index (χ0) is 12.7. The summed E-state index contributed by atoms with van der Waals surface area (Å²) < 4.78 is 13.3. The smallest absolute Gasteiger partial charge is 0.163 e. The van der Waals surface area contributed by atoms with E-state index in [4.69, 9.17) is 0 Å². The molecule has 1 saturated heterocycles. The van der Waals surface area contributed by atoms with E-state index in [2.05, 4.69) is 11.8 Å². The molecule has 1 aromatic rings. The van der Waals surface area contributed by atoms with Gasteiger partial charge in [0.1, 0.15) is 5.82 Å². The summed E-state index contributed by atoms with van der Waals surface area (Å²) in [5, 5.41) is 0. The average molecular weight is 247 g/mol. The molecule has 3 rings (SSSR count). The quantitative estimate of drug-likeness (QED) is 0.760. The van der Waals surface area contributed by atoms with Gasteiger partial charge in [0.25, 0.3) is 0 Å². The Balaban J connectivity index is 1.99. The van der Waals surface area contributed by atoms with Gasteiger partial charge in [0.2, 0.25) is 0 Å². The number of hydrogen-bond acceptors (Lipinski definition) is 2. The van der Waals surface area contributed by atoms with E-state index in [1.165, 1.54) is 12.1 Å². The van der Waals surface area contributed by atoms with Crippen molar-refractivity contribution in [2.75, 3.05) is 19.6 Å². The maximum Gasteiger partial charge on any atom is 0.163 e. The number of likely N-dealkylation sites (N-methyl/N-ethyl adjacent to an activating group) is 1. The van der Waals surface area contributed by atoms with Gasteiger partial charge in [-0.25, -0.2) is 4.39 Å². The fraction of sp³-hybridized carbons (Fsp3) is 0.533. The third-order valence-corrected chi connectivity index (χ3v) is 4.45. The van der Waals surface area contributed by atoms with Gasteiger partial charge in [0, 0.05) is 24.4 Å². The van der Waals surface area contributed by atoms with Crippen LogP contribution in [-0.4, -0.2) is 30.3 Å². The van der Waals surface area contributed by atoms with Crippen molar-refractivity contribution in [3.05, 3.63) is 35.1 Å². The van der Waals surface area contributed by atoms with Gasteiger partial charge in [-0.1, -0.05) is 13.0 Å². The summed E-state index contributed by atoms with van der Waals surface area (Å²) in [6, 6.07) is 4.72. The van der Waals surface area contributed by atoms with Gasteiger partial charge in [-0.05, 0) is 43.1 Å². The minimum atomic E-state index is -0.302. The van der Waals surface area contributed by atoms with E-state index in [-0.39, 0.29) is 11.6 Å². The molecule has 18 heavy (non-hydrogen) atoms. The van der Waals surface area contributed by atoms with Gasteiger partial charge in [0.15, 0.2) is 5.78 Å². The van der Waals surface area contributed by atoms with E-state index in [0.717, 1.165) is 31.6 Å². The van der Waals surface area contributed by atoms with E-state index in [9.17, 15) is 9.18 Å². The molecule has 0 radical (unpaired) electrons. The number of piperidine rings is 1. The molecule has 0 N–H and O–H groups in total. The Bertz CT molecular complexity index is 485. The van der Waals surface area contributed by atoms with E-state index < -0.39 is 0 Å². The SMILES string of the molecule is CCN1CCC2CC(=O)c3cc(F)ccc3C2C1. The molecule has 96 valence electrons. The van der Waals surface area contributed by atoms with Crippen LogP contribution in [0, 0.1) is 11.7 Å². The molecule has 1 aliphatic carbocycles. The summed E-state index contributed by atoms with van der Waals surface area (Å²) in [5.41, 5.74) is 1.69. The van der Waals surface area contributed by atoms with Crippen molar-refractivity contribution in [2.45, 2.75) is 25.7 Å². The highest BCUT2D eigenvalue weighted by atomic mass is 19.1. The lowest BCUT2D eigenvalue weighted by Gasteiger charge is -2.41. The van der Waals surface area contributed by atoms with E-state index in [1.54, 1.807) is 0 Å². The van der Waals surface area contributed by atoms with Gasteiger partial charge in [-0.3, -0.25) is 4.79 Å². The van der Waals surface area contributed by atoms with Crippen molar-refractivity contribution in [1.82, 2.24) is 4.90 Å². The third-order valence-electron chi connectivity index (χ3n) is 4.45. The van der Waals surface area contributed by atoms with Crippen LogP contribution in [0.25, 0.3) is 0 Å². The van der Waals surface area contributed by atoms with Crippen LogP contribution in [0.1, 0.15) is 41.6 Å². The fourth-order valence-corrected chi connectivity index (χ4v) is 3.39. The number of carbonyl (C=O) groups excluding carboxylic acids is 1. The number of nitrogens with zero attached hydrogens (tertiary/aromatic N) is 1. The largest absolute Gasteiger partial charge is 0.303 e. The second kappa shape index (κ2) is 4.47. The second-order valence-corrected chi connectivity index (χ2v) is 5.41. The number of carbonyl (C=O) groups is 1. The summed E-state index contributed by atoms with van der Waals surface area (Å²) in [4.78, 5) is 14.5. The molecule has 2 atom stereocenters. The molecular weight excluding hydrogens is 229 g/mol. The van der Waals surface area contributed by atoms with Crippen LogP contribution in [-0.2, 0) is 0 Å². The molecule has 1 aliphatic heterocycles. The molecule has 1 heterocycles. The molecule has 0 aromatic heterocycles. The van der Waals surface area contributed by atoms with Gasteiger partial charge in [0.05, 0.1) is 0 Å². The Kier molecular flexibility index (Phi) is 2.94. The molecule has 2 aliphatic rings. The maximum absolute atomic E-state index is 13.3. The first kappa shape index (κ1) is 11.8. The number of ketones is 1. The third kappa shape index (κ3) is 1.87. The molecule has 2 nitrogen and oxygen atoms in total. The zero-order valence-corrected chi connectivity index (χ0v) is 10.7. The van der Waals surface area contributed by atoms with Crippen LogP contribution < -0.4 is 0 Å². The number of fused-ring (bicyclic) bond motifs is 3. The highest BCUT2D eigenvalue weighted by molar-refractivity contribution is 5.99. The normalized spacial score (nSPS) is 27.8. The maximum atomic E-state index is 13.3. The standard InChI is InChI=1S/C15H18FNO/c1-2-17-6-5-10-7-15(18)13-8-11(16)3-4-12(13)14(10)9-17/h3-4,8,10,14H,2,5-7,9H2,1H3. The topological polar surface area (TPSA) is 20.3 Å². The van der Waals surface area contributed by atoms with Crippen LogP contribution in [0.2, 0.25) is 0 Å². The van der Waals surface area contributed by atoms with Crippen LogP contribution in [0.4, 0.5) is 4.39 Å². The van der Waals surface area contributed by atoms with E-state index in [1.807, 2.05) is 6.07 Å². The fourth-order valence-electron chi connectivity index (χ4n) is 3.39. The highest BCUT2D eigenvalue weighted by Crippen LogP contribution is 2.41. The Morgan fingerprint density at radius 1 is 1.44 bits per heavy atom. The van der Waals surface area contributed by atoms with Crippen molar-refractivity contribution in [3.63, 3.8) is 0 Å². The van der Waals surface area contributed by atoms with Crippen molar-refractivity contribution in [1.29, 1.82) is 0 Å². The number of Topliss-reactive ketones (excluding diaryl/α,β-unsaturated/α-hetero) is 1. The number of hydrogen-bond donors (Lipinski definition) is 0. The first-order chi connectivity index (χ1) is 8.69. The van der Waals surface area contributed by atoms with Crippen LogP contribution in [0.3, 0.4) is 0 Å². The van der Waals surface area contributed by atoms with Crippen LogP contribution in [0.15, 0.2) is 18.2 Å². The van der Waals surface area contributed by atoms with E-state index >= 15 is 0 Å². The lowest BCUT2D eigenvalue weighted by molar-refractivity contribution is 0.0872. The number of benzene rings is 1. The monoisotopic (exact) mass is 247 g/mol. The minimum absolute atomic E-state index is 0.121. The van der Waals surface area contributed by atoms with Crippen molar-refractivity contribution < 1.29 is 9.18 Å². The Labute approximate surface area is 107 Å². The van der Waals surface area contributed by atoms with Crippen LogP contribution >= 0.6 is 0 Å². The summed E-state index contributed by atoms with van der Waals surface area (Å²) in [7, 11) is 0. The Morgan fingerprint density at radius 3 is 3.06 bits per heavy atom. The lowest BCUT2D eigenvalue weighted by atomic mass is 9.71. The number of halogens is 1. The van der Waals surface area contributed by atoms with Gasteiger partial charge in [-0.15, -0.1) is 0 Å². The number of likely N-dealkylation sites (tertiary alicyclic amines) is 1. The van der Waals surface area contributed by atoms with Gasteiger partial charge in [-0.2, -0.15) is 0 Å². The van der Waals surface area contributed by atoms with E-state index in [0.29, 0.717) is 23.8 Å². The molecule has 3 heteroatoms. The highest BCUT2D eigenvalue weighted by Gasteiger charge is 2.37. The Morgan fingerprint density at radius 2 is 2.28 bits per heavy atom. The second-order valence-electron chi connectivity index (χ2n) is 5.41. The molecule has 0 amide bonds. The number of rotatable bonds is 1. The molecule has 1 fully saturated rings. The average Bonchev–Trinajstić information content (AvgIpc) is 2.39. The summed E-state index contributed by atoms with van der Waals surface area (Å²) in [6.45, 7) is 5.31. The van der Waals surface area contributed by atoms with Crippen molar-refractivity contribution in [2.24, 2.45) is 5.92 Å². The lowest BCUT2D eigenvalue weighted by Crippen LogP contribution is -2.42. The minimum Gasteiger partial charge on any atom is -0.303 e. The molecule has 0 saturated carbocycles. The predicted molar refractivity (Wildman–Crippen MR) is 68.3 cm³/mol. The summed E-state index contributed by atoms with van der Waals surface area (Å²) in [5.74, 6) is 0.685. The summed E-state index contributed by atoms with van der Waals surface area (Å²) >= 11 is 0. The first-order valence-electron chi connectivity index (χ1n) is 6.74. The molecule has 0 bridgehead atoms. The zero-order valence-electron chi connectivity index (χ0n) is 10.7. The summed E-state index contributed by atoms with van der Waals surface area (Å²) in [6.07, 6.45) is 1.68. The first-order valence-corrected chi connectivity index (χ1v) is 6.74. The molecular formula is C15H18FNO. The molecule has 2 unspecified atom stereocenters. The van der Waals surface area contributed by atoms with Crippen LogP contribution in [0.5, 0.6) is 0 Å².